The number of benzene rings is 2. The Morgan fingerprint density at radius 3 is 2.75 bits per heavy atom. The number of nitrogens with zero attached hydrogens (tertiary/aromatic N) is 2. The van der Waals surface area contributed by atoms with Crippen LogP contribution in [0.3, 0.4) is 0 Å². The summed E-state index contributed by atoms with van der Waals surface area (Å²) >= 11 is 1.31. The number of hydrogen-bond acceptors (Lipinski definition) is 5. The first-order chi connectivity index (χ1) is 13.7. The molecule has 2 aromatic carbocycles. The second kappa shape index (κ2) is 8.06. The average molecular weight is 395 g/mol. The molecule has 7 heteroatoms. The van der Waals surface area contributed by atoms with Crippen molar-refractivity contribution in [2.24, 2.45) is 0 Å². The van der Waals surface area contributed by atoms with Gasteiger partial charge < -0.3 is 10.1 Å². The number of carbonyl (C=O) groups excluding carboxylic acids is 1. The molecule has 144 valence electrons. The molecule has 0 saturated heterocycles. The summed E-state index contributed by atoms with van der Waals surface area (Å²) in [6, 6.07) is 15.1. The van der Waals surface area contributed by atoms with E-state index >= 15 is 0 Å². The average Bonchev–Trinajstić information content (AvgIpc) is 3.56. The Hall–Kier alpha value is -2.80. The van der Waals surface area contributed by atoms with E-state index in [0.29, 0.717) is 22.6 Å². The highest BCUT2D eigenvalue weighted by atomic mass is 32.2. The Labute approximate surface area is 166 Å². The fourth-order valence-corrected chi connectivity index (χ4v) is 4.00. The smallest absolute Gasteiger partial charge is 0.262 e. The van der Waals surface area contributed by atoms with E-state index in [1.165, 1.54) is 11.8 Å². The lowest BCUT2D eigenvalue weighted by molar-refractivity contribution is -0.118. The van der Waals surface area contributed by atoms with Crippen LogP contribution in [0.1, 0.15) is 24.4 Å². The Balaban J connectivity index is 1.47. The fourth-order valence-electron chi connectivity index (χ4n) is 3.11. The normalized spacial score (nSPS) is 13.5. The first-order valence-corrected chi connectivity index (χ1v) is 10.2. The molecule has 28 heavy (non-hydrogen) atoms. The summed E-state index contributed by atoms with van der Waals surface area (Å²) in [6.07, 6.45) is 1.96. The molecule has 4 rings (SSSR count). The van der Waals surface area contributed by atoms with Gasteiger partial charge in [0.15, 0.2) is 5.16 Å². The van der Waals surface area contributed by atoms with E-state index in [1.807, 2.05) is 42.5 Å². The molecule has 0 spiro atoms. The lowest BCUT2D eigenvalue weighted by Gasteiger charge is -2.12. The van der Waals surface area contributed by atoms with Crippen molar-refractivity contribution in [3.05, 3.63) is 64.4 Å². The molecule has 1 N–H and O–H groups in total. The number of ether oxygens (including phenoxy) is 1. The predicted octanol–water partition coefficient (Wildman–Crippen LogP) is 3.15. The number of para-hydroxylation sites is 2. The summed E-state index contributed by atoms with van der Waals surface area (Å²) < 4.78 is 7.06. The van der Waals surface area contributed by atoms with Crippen molar-refractivity contribution in [2.75, 3.05) is 12.9 Å². The van der Waals surface area contributed by atoms with Crippen LogP contribution in [-0.2, 0) is 11.3 Å². The van der Waals surface area contributed by atoms with E-state index in [1.54, 1.807) is 17.7 Å². The molecule has 1 aromatic heterocycles. The maximum absolute atomic E-state index is 12.9. The van der Waals surface area contributed by atoms with Crippen LogP contribution in [0.25, 0.3) is 10.9 Å². The van der Waals surface area contributed by atoms with E-state index in [9.17, 15) is 9.59 Å². The van der Waals surface area contributed by atoms with Crippen LogP contribution in [-0.4, -0.2) is 28.3 Å². The summed E-state index contributed by atoms with van der Waals surface area (Å²) in [7, 11) is 1.61. The Bertz CT molecular complexity index is 1080. The van der Waals surface area contributed by atoms with E-state index in [-0.39, 0.29) is 23.3 Å². The molecule has 0 radical (unpaired) electrons. The summed E-state index contributed by atoms with van der Waals surface area (Å²) in [5.41, 5.74) is 1.56. The highest BCUT2D eigenvalue weighted by molar-refractivity contribution is 7.99. The third-order valence-corrected chi connectivity index (χ3v) is 5.64. The molecule has 0 atom stereocenters. The Morgan fingerprint density at radius 1 is 1.21 bits per heavy atom. The zero-order valence-electron chi connectivity index (χ0n) is 15.6. The quantitative estimate of drug-likeness (QED) is 0.491. The van der Waals surface area contributed by atoms with Gasteiger partial charge in [-0.3, -0.25) is 14.2 Å². The molecule has 0 unspecified atom stereocenters. The molecule has 1 amide bonds. The molecule has 1 fully saturated rings. The van der Waals surface area contributed by atoms with Gasteiger partial charge in [-0.15, -0.1) is 0 Å². The van der Waals surface area contributed by atoms with Gasteiger partial charge in [0.1, 0.15) is 5.75 Å². The van der Waals surface area contributed by atoms with Crippen molar-refractivity contribution in [3.63, 3.8) is 0 Å². The van der Waals surface area contributed by atoms with E-state index in [0.717, 1.165) is 24.2 Å². The molecule has 6 nitrogen and oxygen atoms in total. The van der Waals surface area contributed by atoms with Crippen molar-refractivity contribution in [1.82, 2.24) is 14.9 Å². The van der Waals surface area contributed by atoms with Crippen LogP contribution < -0.4 is 15.6 Å². The van der Waals surface area contributed by atoms with Crippen molar-refractivity contribution in [2.45, 2.75) is 30.6 Å². The monoisotopic (exact) mass is 395 g/mol. The molecule has 1 saturated carbocycles. The van der Waals surface area contributed by atoms with Gasteiger partial charge in [-0.1, -0.05) is 42.1 Å². The van der Waals surface area contributed by atoms with Crippen molar-refractivity contribution >= 4 is 28.6 Å². The van der Waals surface area contributed by atoms with Gasteiger partial charge in [0, 0.05) is 18.2 Å². The number of fused-ring (bicyclic) bond motifs is 1. The summed E-state index contributed by atoms with van der Waals surface area (Å²) in [6.45, 7) is 0.393. The van der Waals surface area contributed by atoms with Gasteiger partial charge in [-0.2, -0.15) is 0 Å². The lowest BCUT2D eigenvalue weighted by atomic mass is 10.2. The minimum Gasteiger partial charge on any atom is -0.496 e. The summed E-state index contributed by atoms with van der Waals surface area (Å²) in [4.78, 5) is 29.8. The minimum absolute atomic E-state index is 0.0231. The van der Waals surface area contributed by atoms with E-state index < -0.39 is 0 Å². The highest BCUT2D eigenvalue weighted by Crippen LogP contribution is 2.36. The van der Waals surface area contributed by atoms with Gasteiger partial charge in [0.2, 0.25) is 5.91 Å². The molecular formula is C21H21N3O3S. The zero-order valence-corrected chi connectivity index (χ0v) is 16.4. The first-order valence-electron chi connectivity index (χ1n) is 9.20. The standard InChI is InChI=1S/C21H21N3O3S/c1-27-18-9-5-2-6-14(18)12-22-19(25)13-28-21-23-17-8-4-3-7-16(17)20(26)24(21)15-10-11-15/h2-9,15H,10-13H2,1H3,(H,22,25). The topological polar surface area (TPSA) is 73.2 Å². The number of nitrogens with one attached hydrogen (secondary N) is 1. The van der Waals surface area contributed by atoms with Crippen molar-refractivity contribution < 1.29 is 9.53 Å². The van der Waals surface area contributed by atoms with Crippen LogP contribution in [0.5, 0.6) is 5.75 Å². The van der Waals surface area contributed by atoms with E-state index in [4.69, 9.17) is 4.74 Å². The number of thioether (sulfide) groups is 1. The van der Waals surface area contributed by atoms with Gasteiger partial charge in [-0.25, -0.2) is 4.98 Å². The maximum atomic E-state index is 12.9. The maximum Gasteiger partial charge on any atom is 0.262 e. The van der Waals surface area contributed by atoms with Crippen LogP contribution in [0, 0.1) is 0 Å². The predicted molar refractivity (Wildman–Crippen MR) is 110 cm³/mol. The Morgan fingerprint density at radius 2 is 1.96 bits per heavy atom. The highest BCUT2D eigenvalue weighted by Gasteiger charge is 2.28. The third-order valence-electron chi connectivity index (χ3n) is 4.69. The van der Waals surface area contributed by atoms with Crippen LogP contribution in [0.4, 0.5) is 0 Å². The van der Waals surface area contributed by atoms with Gasteiger partial charge in [0.25, 0.3) is 5.56 Å². The number of rotatable bonds is 7. The molecule has 1 aliphatic rings. The molecule has 0 aliphatic heterocycles. The second-order valence-electron chi connectivity index (χ2n) is 6.70. The number of hydrogen-bond donors (Lipinski definition) is 1. The third kappa shape index (κ3) is 3.89. The molecular weight excluding hydrogens is 374 g/mol. The number of methoxy groups -OCH3 is 1. The van der Waals surface area contributed by atoms with Gasteiger partial charge in [0.05, 0.1) is 23.8 Å². The SMILES string of the molecule is COc1ccccc1CNC(=O)CSc1nc2ccccc2c(=O)n1C1CC1. The Kier molecular flexibility index (Phi) is 5.34. The number of amides is 1. The minimum atomic E-state index is -0.110. The van der Waals surface area contributed by atoms with E-state index in [2.05, 4.69) is 10.3 Å². The lowest BCUT2D eigenvalue weighted by Crippen LogP contribution is -2.26. The van der Waals surface area contributed by atoms with Gasteiger partial charge in [-0.05, 0) is 31.0 Å². The zero-order chi connectivity index (χ0) is 19.5. The summed E-state index contributed by atoms with van der Waals surface area (Å²) in [5.74, 6) is 0.835. The van der Waals surface area contributed by atoms with Crippen LogP contribution >= 0.6 is 11.8 Å². The summed E-state index contributed by atoms with van der Waals surface area (Å²) in [5, 5.41) is 4.14. The van der Waals surface area contributed by atoms with Crippen LogP contribution in [0.15, 0.2) is 58.5 Å². The second-order valence-corrected chi connectivity index (χ2v) is 7.64. The number of aromatic nitrogens is 2. The van der Waals surface area contributed by atoms with Crippen molar-refractivity contribution in [1.29, 1.82) is 0 Å². The molecule has 1 aliphatic carbocycles. The van der Waals surface area contributed by atoms with Crippen LogP contribution in [0.2, 0.25) is 0 Å². The largest absolute Gasteiger partial charge is 0.496 e. The molecule has 1 heterocycles. The number of carbonyl (C=O) groups is 1. The van der Waals surface area contributed by atoms with Crippen molar-refractivity contribution in [3.8, 4) is 5.75 Å². The fraction of sp³-hybridized carbons (Fsp3) is 0.286. The first kappa shape index (κ1) is 18.6. The van der Waals surface area contributed by atoms with Gasteiger partial charge >= 0.3 is 0 Å². The molecule has 3 aromatic rings. The molecule has 0 bridgehead atoms.